The number of carbonyl (C=O) groups is 1. The maximum atomic E-state index is 13.0. The van der Waals surface area contributed by atoms with Gasteiger partial charge in [0.1, 0.15) is 5.82 Å². The zero-order valence-corrected chi connectivity index (χ0v) is 12.3. The molecule has 1 aromatic carbocycles. The molecule has 0 aliphatic rings. The number of hydrogen-bond acceptors (Lipinski definition) is 3. The smallest absolute Gasteiger partial charge is 0.238 e. The molecule has 0 aliphatic carbocycles. The van der Waals surface area contributed by atoms with Gasteiger partial charge in [-0.2, -0.15) is 0 Å². The summed E-state index contributed by atoms with van der Waals surface area (Å²) in [6.07, 6.45) is 1.13. The molecular formula is C15H24FN3O. The lowest BCUT2D eigenvalue weighted by atomic mass is 10.3. The molecule has 0 aromatic heterocycles. The lowest BCUT2D eigenvalue weighted by Gasteiger charge is -2.19. The van der Waals surface area contributed by atoms with Crippen LogP contribution >= 0.6 is 0 Å². The predicted molar refractivity (Wildman–Crippen MR) is 80.3 cm³/mol. The summed E-state index contributed by atoms with van der Waals surface area (Å²) in [5, 5.41) is 5.75. The molecule has 1 aromatic rings. The Morgan fingerprint density at radius 1 is 1.30 bits per heavy atom. The second-order valence-corrected chi connectivity index (χ2v) is 4.67. The van der Waals surface area contributed by atoms with Crippen molar-refractivity contribution in [1.29, 1.82) is 0 Å². The van der Waals surface area contributed by atoms with Crippen LogP contribution in [0.25, 0.3) is 0 Å². The highest BCUT2D eigenvalue weighted by Gasteiger charge is 2.04. The zero-order valence-electron chi connectivity index (χ0n) is 12.3. The van der Waals surface area contributed by atoms with Crippen LogP contribution in [0.1, 0.15) is 20.3 Å². The first kappa shape index (κ1) is 16.6. The highest BCUT2D eigenvalue weighted by molar-refractivity contribution is 5.92. The van der Waals surface area contributed by atoms with E-state index in [9.17, 15) is 9.18 Å². The van der Waals surface area contributed by atoms with Crippen molar-refractivity contribution >= 4 is 11.6 Å². The minimum absolute atomic E-state index is 0.158. The summed E-state index contributed by atoms with van der Waals surface area (Å²) in [7, 11) is 0. The SMILES string of the molecule is CCCN(CC)CCNCC(=O)Nc1cccc(F)c1. The van der Waals surface area contributed by atoms with Crippen LogP contribution < -0.4 is 10.6 Å². The molecule has 0 radical (unpaired) electrons. The van der Waals surface area contributed by atoms with E-state index in [1.165, 1.54) is 12.1 Å². The van der Waals surface area contributed by atoms with Gasteiger partial charge in [-0.15, -0.1) is 0 Å². The minimum atomic E-state index is -0.353. The molecule has 0 heterocycles. The fourth-order valence-electron chi connectivity index (χ4n) is 1.95. The van der Waals surface area contributed by atoms with Gasteiger partial charge in [0.2, 0.25) is 5.91 Å². The first-order chi connectivity index (χ1) is 9.65. The molecule has 1 rings (SSSR count). The third-order valence-electron chi connectivity index (χ3n) is 2.99. The van der Waals surface area contributed by atoms with Gasteiger partial charge in [-0.05, 0) is 37.7 Å². The number of rotatable bonds is 9. The highest BCUT2D eigenvalue weighted by Crippen LogP contribution is 2.08. The van der Waals surface area contributed by atoms with Gasteiger partial charge in [-0.1, -0.05) is 19.9 Å². The van der Waals surface area contributed by atoms with E-state index < -0.39 is 0 Å². The number of anilines is 1. The van der Waals surface area contributed by atoms with Gasteiger partial charge < -0.3 is 15.5 Å². The third kappa shape index (κ3) is 6.63. The second-order valence-electron chi connectivity index (χ2n) is 4.67. The van der Waals surface area contributed by atoms with Gasteiger partial charge in [0.15, 0.2) is 0 Å². The predicted octanol–water partition coefficient (Wildman–Crippen LogP) is 2.09. The van der Waals surface area contributed by atoms with Gasteiger partial charge in [-0.25, -0.2) is 4.39 Å². The van der Waals surface area contributed by atoms with E-state index in [1.54, 1.807) is 12.1 Å². The molecule has 0 unspecified atom stereocenters. The van der Waals surface area contributed by atoms with Gasteiger partial charge in [-0.3, -0.25) is 4.79 Å². The molecule has 0 bridgehead atoms. The second kappa shape index (κ2) is 9.44. The number of nitrogens with zero attached hydrogens (tertiary/aromatic N) is 1. The maximum absolute atomic E-state index is 13.0. The Morgan fingerprint density at radius 3 is 2.75 bits per heavy atom. The molecule has 20 heavy (non-hydrogen) atoms. The molecule has 0 saturated heterocycles. The van der Waals surface area contributed by atoms with Crippen LogP contribution in [0.2, 0.25) is 0 Å². The molecule has 2 N–H and O–H groups in total. The number of nitrogens with one attached hydrogen (secondary N) is 2. The number of likely N-dealkylation sites (N-methyl/N-ethyl adjacent to an activating group) is 1. The van der Waals surface area contributed by atoms with Crippen LogP contribution in [0, 0.1) is 5.82 Å². The number of carbonyl (C=O) groups excluding carboxylic acids is 1. The van der Waals surface area contributed by atoms with Gasteiger partial charge >= 0.3 is 0 Å². The molecule has 5 heteroatoms. The van der Waals surface area contributed by atoms with Crippen molar-refractivity contribution in [3.8, 4) is 0 Å². The quantitative estimate of drug-likeness (QED) is 0.681. The third-order valence-corrected chi connectivity index (χ3v) is 2.99. The number of hydrogen-bond donors (Lipinski definition) is 2. The summed E-state index contributed by atoms with van der Waals surface area (Å²) >= 11 is 0. The van der Waals surface area contributed by atoms with Crippen LogP contribution in [0.5, 0.6) is 0 Å². The van der Waals surface area contributed by atoms with Crippen molar-refractivity contribution in [3.63, 3.8) is 0 Å². The van der Waals surface area contributed by atoms with E-state index >= 15 is 0 Å². The van der Waals surface area contributed by atoms with E-state index in [0.717, 1.165) is 32.6 Å². The van der Waals surface area contributed by atoms with Crippen LogP contribution in [-0.4, -0.2) is 43.5 Å². The topological polar surface area (TPSA) is 44.4 Å². The largest absolute Gasteiger partial charge is 0.325 e. The molecule has 1 amide bonds. The highest BCUT2D eigenvalue weighted by atomic mass is 19.1. The standard InChI is InChI=1S/C15H24FN3O/c1-3-9-19(4-2)10-8-17-12-15(20)18-14-7-5-6-13(16)11-14/h5-7,11,17H,3-4,8-10,12H2,1-2H3,(H,18,20). The zero-order chi connectivity index (χ0) is 14.8. The Labute approximate surface area is 120 Å². The number of halogens is 1. The Morgan fingerprint density at radius 2 is 2.10 bits per heavy atom. The molecule has 0 spiro atoms. The van der Waals surface area contributed by atoms with E-state index in [-0.39, 0.29) is 18.3 Å². The Hall–Kier alpha value is -1.46. The minimum Gasteiger partial charge on any atom is -0.325 e. The van der Waals surface area contributed by atoms with Crippen molar-refractivity contribution < 1.29 is 9.18 Å². The molecular weight excluding hydrogens is 257 g/mol. The van der Waals surface area contributed by atoms with Crippen molar-refractivity contribution in [2.24, 2.45) is 0 Å². The van der Waals surface area contributed by atoms with Crippen LogP contribution in [0.4, 0.5) is 10.1 Å². The fourth-order valence-corrected chi connectivity index (χ4v) is 1.95. The Balaban J connectivity index is 2.20. The molecule has 4 nitrogen and oxygen atoms in total. The monoisotopic (exact) mass is 281 g/mol. The molecule has 0 saturated carbocycles. The van der Waals surface area contributed by atoms with E-state index in [1.807, 2.05) is 0 Å². The average Bonchev–Trinajstić information content (AvgIpc) is 2.42. The first-order valence-electron chi connectivity index (χ1n) is 7.14. The van der Waals surface area contributed by atoms with E-state index in [0.29, 0.717) is 5.69 Å². The van der Waals surface area contributed by atoms with Gasteiger partial charge in [0.05, 0.1) is 6.54 Å². The van der Waals surface area contributed by atoms with E-state index in [4.69, 9.17) is 0 Å². The molecule has 112 valence electrons. The van der Waals surface area contributed by atoms with Crippen molar-refractivity contribution in [2.75, 3.05) is 38.0 Å². The van der Waals surface area contributed by atoms with Crippen LogP contribution in [0.3, 0.4) is 0 Å². The summed E-state index contributed by atoms with van der Waals surface area (Å²) in [5.74, 6) is -0.511. The Kier molecular flexibility index (Phi) is 7.84. The van der Waals surface area contributed by atoms with Crippen LogP contribution in [0.15, 0.2) is 24.3 Å². The number of amides is 1. The van der Waals surface area contributed by atoms with E-state index in [2.05, 4.69) is 29.4 Å². The lowest BCUT2D eigenvalue weighted by Crippen LogP contribution is -2.36. The molecule has 0 fully saturated rings. The first-order valence-corrected chi connectivity index (χ1v) is 7.14. The summed E-state index contributed by atoms with van der Waals surface area (Å²) in [6, 6.07) is 5.89. The van der Waals surface area contributed by atoms with Crippen LogP contribution in [-0.2, 0) is 4.79 Å². The normalized spacial score (nSPS) is 10.8. The van der Waals surface area contributed by atoms with Crippen molar-refractivity contribution in [3.05, 3.63) is 30.1 Å². The molecule has 0 atom stereocenters. The lowest BCUT2D eigenvalue weighted by molar-refractivity contribution is -0.115. The van der Waals surface area contributed by atoms with Crippen molar-refractivity contribution in [1.82, 2.24) is 10.2 Å². The fraction of sp³-hybridized carbons (Fsp3) is 0.533. The van der Waals surface area contributed by atoms with Gasteiger partial charge in [0.25, 0.3) is 0 Å². The van der Waals surface area contributed by atoms with Gasteiger partial charge in [0, 0.05) is 18.8 Å². The average molecular weight is 281 g/mol. The Bertz CT molecular complexity index is 412. The summed E-state index contributed by atoms with van der Waals surface area (Å²) in [4.78, 5) is 14.0. The maximum Gasteiger partial charge on any atom is 0.238 e. The molecule has 0 aliphatic heterocycles. The summed E-state index contributed by atoms with van der Waals surface area (Å²) in [5.41, 5.74) is 0.484. The van der Waals surface area contributed by atoms with Crippen molar-refractivity contribution in [2.45, 2.75) is 20.3 Å². The summed E-state index contributed by atoms with van der Waals surface area (Å²) in [6.45, 7) is 8.32. The summed E-state index contributed by atoms with van der Waals surface area (Å²) < 4.78 is 13.0. The number of benzene rings is 1.